The lowest BCUT2D eigenvalue weighted by Gasteiger charge is -2.09. The van der Waals surface area contributed by atoms with E-state index in [1.807, 2.05) is 19.9 Å². The minimum Gasteiger partial charge on any atom is -0.354 e. The fraction of sp³-hybridized carbons (Fsp3) is 0.500. The number of rotatable bonds is 6. The minimum absolute atomic E-state index is 0.0633. The Kier molecular flexibility index (Phi) is 5.94. The van der Waals surface area contributed by atoms with Crippen molar-refractivity contribution in [3.8, 4) is 0 Å². The monoisotopic (exact) mass is 255 g/mol. The molecule has 0 radical (unpaired) electrons. The molecule has 0 unspecified atom stereocenters. The Bertz CT molecular complexity index is 369. The van der Waals surface area contributed by atoms with Crippen molar-refractivity contribution < 1.29 is 4.79 Å². The highest BCUT2D eigenvalue weighted by molar-refractivity contribution is 6.31. The normalized spacial score (nSPS) is 10.6. The van der Waals surface area contributed by atoms with Gasteiger partial charge in [-0.05, 0) is 25.5 Å². The summed E-state index contributed by atoms with van der Waals surface area (Å²) in [7, 11) is 0. The van der Waals surface area contributed by atoms with Gasteiger partial charge in [0.05, 0.1) is 5.02 Å². The van der Waals surface area contributed by atoms with Crippen LogP contribution in [0.25, 0.3) is 0 Å². The Labute approximate surface area is 107 Å². The van der Waals surface area contributed by atoms with Crippen LogP contribution in [0.4, 0.5) is 0 Å². The van der Waals surface area contributed by atoms with Crippen molar-refractivity contribution in [3.05, 3.63) is 29.0 Å². The molecule has 5 heteroatoms. The van der Waals surface area contributed by atoms with Gasteiger partial charge in [-0.1, -0.05) is 11.6 Å². The first kappa shape index (κ1) is 13.9. The minimum atomic E-state index is 0.0633. The van der Waals surface area contributed by atoms with E-state index in [4.69, 9.17) is 11.6 Å². The molecule has 0 aliphatic heterocycles. The summed E-state index contributed by atoms with van der Waals surface area (Å²) in [5, 5.41) is 6.66. The number of aromatic nitrogens is 1. The van der Waals surface area contributed by atoms with E-state index in [1.54, 1.807) is 12.4 Å². The molecular weight excluding hydrogens is 238 g/mol. The highest BCUT2D eigenvalue weighted by Crippen LogP contribution is 2.12. The zero-order valence-electron chi connectivity index (χ0n) is 10.2. The second-order valence-corrected chi connectivity index (χ2v) is 4.52. The smallest absolute Gasteiger partial charge is 0.221 e. The number of nitrogens with zero attached hydrogens (tertiary/aromatic N) is 1. The van der Waals surface area contributed by atoms with E-state index in [-0.39, 0.29) is 11.9 Å². The molecule has 4 nitrogen and oxygen atoms in total. The van der Waals surface area contributed by atoms with Gasteiger partial charge in [-0.3, -0.25) is 9.78 Å². The fourth-order valence-corrected chi connectivity index (χ4v) is 1.55. The molecule has 1 aromatic heterocycles. The van der Waals surface area contributed by atoms with Gasteiger partial charge in [0.25, 0.3) is 0 Å². The molecule has 94 valence electrons. The van der Waals surface area contributed by atoms with Crippen LogP contribution in [-0.2, 0) is 11.3 Å². The molecule has 2 N–H and O–H groups in total. The van der Waals surface area contributed by atoms with E-state index < -0.39 is 0 Å². The maximum atomic E-state index is 11.3. The van der Waals surface area contributed by atoms with Crippen LogP contribution in [0.2, 0.25) is 5.02 Å². The van der Waals surface area contributed by atoms with Crippen molar-refractivity contribution in [2.75, 3.05) is 6.54 Å². The number of amides is 1. The first-order valence-electron chi connectivity index (χ1n) is 5.68. The van der Waals surface area contributed by atoms with Gasteiger partial charge in [-0.15, -0.1) is 0 Å². The molecular formula is C12H18ClN3O. The summed E-state index contributed by atoms with van der Waals surface area (Å²) >= 11 is 5.95. The molecule has 1 heterocycles. The quantitative estimate of drug-likeness (QED) is 0.762. The molecule has 0 fully saturated rings. The van der Waals surface area contributed by atoms with Crippen LogP contribution in [0.15, 0.2) is 18.5 Å². The summed E-state index contributed by atoms with van der Waals surface area (Å²) in [6.45, 7) is 5.18. The Morgan fingerprint density at radius 2 is 2.29 bits per heavy atom. The molecule has 1 amide bonds. The molecule has 0 saturated carbocycles. The molecule has 0 bridgehead atoms. The van der Waals surface area contributed by atoms with Crippen molar-refractivity contribution in [1.82, 2.24) is 15.6 Å². The molecule has 1 rings (SSSR count). The van der Waals surface area contributed by atoms with Crippen LogP contribution in [0.1, 0.15) is 25.8 Å². The van der Waals surface area contributed by atoms with Gasteiger partial charge in [-0.2, -0.15) is 0 Å². The SMILES string of the molecule is CC(C)NC(=O)CCNCc1ccncc1Cl. The van der Waals surface area contributed by atoms with E-state index in [0.717, 1.165) is 5.56 Å². The second-order valence-electron chi connectivity index (χ2n) is 4.12. The van der Waals surface area contributed by atoms with E-state index in [9.17, 15) is 4.79 Å². The van der Waals surface area contributed by atoms with Gasteiger partial charge in [0.15, 0.2) is 0 Å². The van der Waals surface area contributed by atoms with Crippen molar-refractivity contribution >= 4 is 17.5 Å². The Morgan fingerprint density at radius 1 is 1.53 bits per heavy atom. The lowest BCUT2D eigenvalue weighted by Crippen LogP contribution is -2.32. The summed E-state index contributed by atoms with van der Waals surface area (Å²) in [6, 6.07) is 2.06. The highest BCUT2D eigenvalue weighted by atomic mass is 35.5. The van der Waals surface area contributed by atoms with E-state index >= 15 is 0 Å². The molecule has 17 heavy (non-hydrogen) atoms. The third kappa shape index (κ3) is 5.65. The lowest BCUT2D eigenvalue weighted by atomic mass is 10.2. The first-order valence-corrected chi connectivity index (χ1v) is 6.06. The summed E-state index contributed by atoms with van der Waals surface area (Å²) in [4.78, 5) is 15.3. The number of pyridine rings is 1. The number of carbonyl (C=O) groups excluding carboxylic acids is 1. The average Bonchev–Trinajstić information content (AvgIpc) is 2.25. The first-order chi connectivity index (χ1) is 8.09. The van der Waals surface area contributed by atoms with Crippen LogP contribution in [0.3, 0.4) is 0 Å². The number of hydrogen-bond donors (Lipinski definition) is 2. The van der Waals surface area contributed by atoms with Gasteiger partial charge in [0.1, 0.15) is 0 Å². The molecule has 1 aromatic rings. The van der Waals surface area contributed by atoms with Crippen LogP contribution in [0, 0.1) is 0 Å². The Hall–Kier alpha value is -1.13. The van der Waals surface area contributed by atoms with Crippen molar-refractivity contribution in [2.24, 2.45) is 0 Å². The second kappa shape index (κ2) is 7.25. The molecule has 0 spiro atoms. The van der Waals surface area contributed by atoms with Crippen molar-refractivity contribution in [3.63, 3.8) is 0 Å². The molecule has 0 aliphatic carbocycles. The summed E-state index contributed by atoms with van der Waals surface area (Å²) in [5.74, 6) is 0.0633. The van der Waals surface area contributed by atoms with Crippen LogP contribution < -0.4 is 10.6 Å². The number of hydrogen-bond acceptors (Lipinski definition) is 3. The van der Waals surface area contributed by atoms with Gasteiger partial charge >= 0.3 is 0 Å². The van der Waals surface area contributed by atoms with E-state index in [1.165, 1.54) is 0 Å². The van der Waals surface area contributed by atoms with Gasteiger partial charge in [0.2, 0.25) is 5.91 Å². The standard InChI is InChI=1S/C12H18ClN3O/c1-9(2)16-12(17)4-6-14-7-10-3-5-15-8-11(10)13/h3,5,8-9,14H,4,6-7H2,1-2H3,(H,16,17). The maximum Gasteiger partial charge on any atom is 0.221 e. The van der Waals surface area contributed by atoms with Gasteiger partial charge < -0.3 is 10.6 Å². The Balaban J connectivity index is 2.21. The van der Waals surface area contributed by atoms with Crippen LogP contribution in [-0.4, -0.2) is 23.5 Å². The van der Waals surface area contributed by atoms with Gasteiger partial charge in [-0.25, -0.2) is 0 Å². The summed E-state index contributed by atoms with van der Waals surface area (Å²) in [6.07, 6.45) is 3.79. The predicted octanol–water partition coefficient (Wildman–Crippen LogP) is 1.74. The molecule has 0 atom stereocenters. The zero-order valence-corrected chi connectivity index (χ0v) is 10.9. The fourth-order valence-electron chi connectivity index (χ4n) is 1.37. The summed E-state index contributed by atoms with van der Waals surface area (Å²) in [5.41, 5.74) is 0.992. The topological polar surface area (TPSA) is 54.0 Å². The maximum absolute atomic E-state index is 11.3. The highest BCUT2D eigenvalue weighted by Gasteiger charge is 2.03. The number of halogens is 1. The predicted molar refractivity (Wildman–Crippen MR) is 68.8 cm³/mol. The van der Waals surface area contributed by atoms with E-state index in [2.05, 4.69) is 15.6 Å². The number of nitrogens with one attached hydrogen (secondary N) is 2. The van der Waals surface area contributed by atoms with E-state index in [0.29, 0.717) is 24.5 Å². The molecule has 0 saturated heterocycles. The average molecular weight is 256 g/mol. The lowest BCUT2D eigenvalue weighted by molar-refractivity contribution is -0.121. The molecule has 0 aromatic carbocycles. The largest absolute Gasteiger partial charge is 0.354 e. The summed E-state index contributed by atoms with van der Waals surface area (Å²) < 4.78 is 0. The van der Waals surface area contributed by atoms with Gasteiger partial charge in [0, 0.05) is 37.9 Å². The zero-order chi connectivity index (χ0) is 12.7. The molecule has 0 aliphatic rings. The van der Waals surface area contributed by atoms with Crippen LogP contribution >= 0.6 is 11.6 Å². The third-order valence-electron chi connectivity index (χ3n) is 2.15. The Morgan fingerprint density at radius 3 is 2.94 bits per heavy atom. The number of carbonyl (C=O) groups is 1. The van der Waals surface area contributed by atoms with Crippen molar-refractivity contribution in [1.29, 1.82) is 0 Å². The van der Waals surface area contributed by atoms with Crippen molar-refractivity contribution in [2.45, 2.75) is 32.9 Å². The third-order valence-corrected chi connectivity index (χ3v) is 2.49. The van der Waals surface area contributed by atoms with Crippen LogP contribution in [0.5, 0.6) is 0 Å².